The first-order valence-corrected chi connectivity index (χ1v) is 8.41. The zero-order valence-corrected chi connectivity index (χ0v) is 13.8. The molecule has 1 aromatic carbocycles. The van der Waals surface area contributed by atoms with Crippen LogP contribution in [0.4, 0.5) is 5.69 Å². The molecule has 0 saturated carbocycles. The van der Waals surface area contributed by atoms with E-state index in [2.05, 4.69) is 51.0 Å². The van der Waals surface area contributed by atoms with Crippen LogP contribution in [-0.2, 0) is 6.54 Å². The Morgan fingerprint density at radius 3 is 2.90 bits per heavy atom. The lowest BCUT2D eigenvalue weighted by atomic mass is 9.84. The normalized spacial score (nSPS) is 27.4. The summed E-state index contributed by atoms with van der Waals surface area (Å²) in [4.78, 5) is 5.11. The minimum atomic E-state index is 0.606. The number of fused-ring (bicyclic) bond motifs is 1. The zero-order valence-electron chi connectivity index (χ0n) is 12.2. The van der Waals surface area contributed by atoms with Gasteiger partial charge < -0.3 is 15.5 Å². The van der Waals surface area contributed by atoms with E-state index in [9.17, 15) is 0 Å². The van der Waals surface area contributed by atoms with Crippen molar-refractivity contribution in [1.29, 1.82) is 0 Å². The monoisotopic (exact) mass is 337 g/mol. The molecule has 2 saturated heterocycles. The molecule has 2 aliphatic heterocycles. The zero-order chi connectivity index (χ0) is 14.1. The fourth-order valence-corrected chi connectivity index (χ4v) is 4.35. The van der Waals surface area contributed by atoms with Crippen LogP contribution in [0.2, 0.25) is 0 Å². The molecule has 0 radical (unpaired) electrons. The summed E-state index contributed by atoms with van der Waals surface area (Å²) < 4.78 is 1.14. The Balaban J connectivity index is 1.77. The van der Waals surface area contributed by atoms with E-state index in [1.807, 2.05) is 0 Å². The smallest absolute Gasteiger partial charge is 0.0380 e. The Kier molecular flexibility index (Phi) is 4.34. The summed E-state index contributed by atoms with van der Waals surface area (Å²) in [5.41, 5.74) is 8.33. The Labute approximate surface area is 130 Å². The van der Waals surface area contributed by atoms with E-state index >= 15 is 0 Å². The van der Waals surface area contributed by atoms with Gasteiger partial charge in [0, 0.05) is 35.8 Å². The average Bonchev–Trinajstić information content (AvgIpc) is 2.46. The van der Waals surface area contributed by atoms with Crippen molar-refractivity contribution >= 4 is 21.6 Å². The molecule has 2 fully saturated rings. The summed E-state index contributed by atoms with van der Waals surface area (Å²) in [5, 5.41) is 0. The van der Waals surface area contributed by atoms with Gasteiger partial charge in [0.1, 0.15) is 0 Å². The maximum Gasteiger partial charge on any atom is 0.0380 e. The molecule has 4 heteroatoms. The largest absolute Gasteiger partial charge is 0.371 e. The summed E-state index contributed by atoms with van der Waals surface area (Å²) in [6, 6.07) is 7.38. The molecule has 2 unspecified atom stereocenters. The van der Waals surface area contributed by atoms with Crippen molar-refractivity contribution in [3.05, 3.63) is 28.2 Å². The summed E-state index contributed by atoms with van der Waals surface area (Å²) in [6.45, 7) is 4.23. The summed E-state index contributed by atoms with van der Waals surface area (Å²) >= 11 is 3.61. The number of likely N-dealkylation sites (tertiary alicyclic amines) is 1. The molecule has 0 aliphatic carbocycles. The molecule has 1 aromatic rings. The van der Waals surface area contributed by atoms with Crippen LogP contribution in [0.15, 0.2) is 22.7 Å². The number of nitrogens with zero attached hydrogens (tertiary/aromatic N) is 2. The summed E-state index contributed by atoms with van der Waals surface area (Å²) in [7, 11) is 2.29. The Morgan fingerprint density at radius 1 is 1.25 bits per heavy atom. The third-order valence-electron chi connectivity index (χ3n) is 4.89. The van der Waals surface area contributed by atoms with Gasteiger partial charge in [-0.1, -0.05) is 15.9 Å². The van der Waals surface area contributed by atoms with Gasteiger partial charge in [-0.05, 0) is 62.5 Å². The van der Waals surface area contributed by atoms with Crippen molar-refractivity contribution < 1.29 is 0 Å². The van der Waals surface area contributed by atoms with Crippen LogP contribution in [0.3, 0.4) is 0 Å². The lowest BCUT2D eigenvalue weighted by Crippen LogP contribution is -2.52. The highest BCUT2D eigenvalue weighted by Crippen LogP contribution is 2.33. The van der Waals surface area contributed by atoms with Crippen molar-refractivity contribution in [2.24, 2.45) is 11.7 Å². The molecule has 0 amide bonds. The summed E-state index contributed by atoms with van der Waals surface area (Å²) in [5.74, 6) is 0.822. The molecular weight excluding hydrogens is 314 g/mol. The second-order valence-corrected chi connectivity index (χ2v) is 7.12. The van der Waals surface area contributed by atoms with E-state index in [-0.39, 0.29) is 0 Å². The molecule has 20 heavy (non-hydrogen) atoms. The topological polar surface area (TPSA) is 32.5 Å². The van der Waals surface area contributed by atoms with Gasteiger partial charge in [0.05, 0.1) is 0 Å². The van der Waals surface area contributed by atoms with Gasteiger partial charge in [-0.25, -0.2) is 0 Å². The Bertz CT molecular complexity index is 477. The maximum absolute atomic E-state index is 5.80. The number of piperidine rings is 2. The minimum Gasteiger partial charge on any atom is -0.371 e. The predicted octanol–water partition coefficient (Wildman–Crippen LogP) is 2.83. The number of rotatable bonds is 2. The van der Waals surface area contributed by atoms with Gasteiger partial charge >= 0.3 is 0 Å². The molecule has 2 heterocycles. The van der Waals surface area contributed by atoms with Crippen molar-refractivity contribution in [3.63, 3.8) is 0 Å². The quantitative estimate of drug-likeness (QED) is 0.900. The van der Waals surface area contributed by atoms with E-state index in [4.69, 9.17) is 5.73 Å². The maximum atomic E-state index is 5.80. The van der Waals surface area contributed by atoms with Crippen LogP contribution in [0.1, 0.15) is 24.8 Å². The molecule has 3 nitrogen and oxygen atoms in total. The van der Waals surface area contributed by atoms with Crippen molar-refractivity contribution in [2.75, 3.05) is 31.6 Å². The fraction of sp³-hybridized carbons (Fsp3) is 0.625. The molecule has 0 aromatic heterocycles. The highest BCUT2D eigenvalue weighted by Gasteiger charge is 2.34. The number of hydrogen-bond donors (Lipinski definition) is 1. The first kappa shape index (κ1) is 14.4. The molecular formula is C16H24BrN3. The second-order valence-electron chi connectivity index (χ2n) is 6.21. The van der Waals surface area contributed by atoms with E-state index < -0.39 is 0 Å². The highest BCUT2D eigenvalue weighted by molar-refractivity contribution is 9.10. The van der Waals surface area contributed by atoms with E-state index in [1.165, 1.54) is 43.6 Å². The first-order chi connectivity index (χ1) is 9.67. The molecule has 2 N–H and O–H groups in total. The number of anilines is 1. The Hall–Kier alpha value is -0.580. The van der Waals surface area contributed by atoms with Gasteiger partial charge in [-0.2, -0.15) is 0 Å². The Morgan fingerprint density at radius 2 is 2.10 bits per heavy atom. The first-order valence-electron chi connectivity index (χ1n) is 7.62. The lowest BCUT2D eigenvalue weighted by molar-refractivity contribution is 0.102. The van der Waals surface area contributed by atoms with Crippen LogP contribution in [-0.4, -0.2) is 37.6 Å². The van der Waals surface area contributed by atoms with Gasteiger partial charge in [0.2, 0.25) is 0 Å². The standard InChI is InChI=1S/C16H24BrN3/c1-19-5-2-3-13-11-20(6-4-16(13)19)15-8-12(10-18)7-14(17)9-15/h7-9,13,16H,2-6,10-11,18H2,1H3. The van der Waals surface area contributed by atoms with Gasteiger partial charge in [0.15, 0.2) is 0 Å². The SMILES string of the molecule is CN1CCCC2CN(c3cc(Br)cc(CN)c3)CCC21. The van der Waals surface area contributed by atoms with Crippen molar-refractivity contribution in [1.82, 2.24) is 4.90 Å². The number of nitrogens with two attached hydrogens (primary N) is 1. The molecule has 2 aliphatic rings. The fourth-order valence-electron chi connectivity index (χ4n) is 3.82. The van der Waals surface area contributed by atoms with Crippen molar-refractivity contribution in [3.8, 4) is 0 Å². The van der Waals surface area contributed by atoms with Crippen LogP contribution in [0, 0.1) is 5.92 Å². The van der Waals surface area contributed by atoms with E-state index in [0.29, 0.717) is 6.54 Å². The number of hydrogen-bond acceptors (Lipinski definition) is 3. The van der Waals surface area contributed by atoms with E-state index in [1.54, 1.807) is 0 Å². The van der Waals surface area contributed by atoms with Gasteiger partial charge in [-0.3, -0.25) is 0 Å². The molecule has 0 spiro atoms. The molecule has 110 valence electrons. The number of halogens is 1. The van der Waals surface area contributed by atoms with Crippen LogP contribution >= 0.6 is 15.9 Å². The van der Waals surface area contributed by atoms with E-state index in [0.717, 1.165) is 23.0 Å². The van der Waals surface area contributed by atoms with Gasteiger partial charge in [-0.15, -0.1) is 0 Å². The second kappa shape index (κ2) is 6.04. The number of benzene rings is 1. The molecule has 3 rings (SSSR count). The lowest BCUT2D eigenvalue weighted by Gasteiger charge is -2.46. The predicted molar refractivity (Wildman–Crippen MR) is 88.0 cm³/mol. The molecule has 0 bridgehead atoms. The van der Waals surface area contributed by atoms with Gasteiger partial charge in [0.25, 0.3) is 0 Å². The minimum absolute atomic E-state index is 0.606. The summed E-state index contributed by atoms with van der Waals surface area (Å²) in [6.07, 6.45) is 4.01. The van der Waals surface area contributed by atoms with Crippen LogP contribution < -0.4 is 10.6 Å². The van der Waals surface area contributed by atoms with Crippen LogP contribution in [0.5, 0.6) is 0 Å². The van der Waals surface area contributed by atoms with Crippen LogP contribution in [0.25, 0.3) is 0 Å². The average molecular weight is 338 g/mol. The third-order valence-corrected chi connectivity index (χ3v) is 5.35. The molecule has 2 atom stereocenters. The van der Waals surface area contributed by atoms with Crippen molar-refractivity contribution in [2.45, 2.75) is 31.8 Å². The third kappa shape index (κ3) is 2.87. The highest BCUT2D eigenvalue weighted by atomic mass is 79.9.